The van der Waals surface area contributed by atoms with E-state index in [9.17, 15) is 9.59 Å². The number of piperidine rings is 1. The second-order valence-electron chi connectivity index (χ2n) is 12.5. The Balaban J connectivity index is 1.14. The van der Waals surface area contributed by atoms with Crippen LogP contribution in [0.2, 0.25) is 0 Å². The molecule has 3 heterocycles. The summed E-state index contributed by atoms with van der Waals surface area (Å²) in [4.78, 5) is 37.1. The molecule has 9 heteroatoms. The molecule has 0 radical (unpaired) electrons. The van der Waals surface area contributed by atoms with Gasteiger partial charge in [0.25, 0.3) is 0 Å². The molecule has 1 saturated carbocycles. The maximum atomic E-state index is 13.1. The molecule has 2 fully saturated rings. The van der Waals surface area contributed by atoms with E-state index in [1.807, 2.05) is 33.0 Å². The molecule has 8 nitrogen and oxygen atoms in total. The number of likely N-dealkylation sites (tertiary alicyclic amines) is 1. The third kappa shape index (κ3) is 5.33. The van der Waals surface area contributed by atoms with Crippen molar-refractivity contribution in [2.24, 2.45) is 0 Å². The minimum atomic E-state index is -0.553. The van der Waals surface area contributed by atoms with Crippen molar-refractivity contribution in [2.75, 3.05) is 30.8 Å². The summed E-state index contributed by atoms with van der Waals surface area (Å²) < 4.78 is 0.865. The Morgan fingerprint density at radius 1 is 1.19 bits per heavy atom. The third-order valence-corrected chi connectivity index (χ3v) is 10.0. The van der Waals surface area contributed by atoms with Crippen LogP contribution in [0.5, 0.6) is 0 Å². The Hall–Kier alpha value is -3.30. The van der Waals surface area contributed by atoms with Crippen molar-refractivity contribution in [1.29, 1.82) is 0 Å². The number of aryl methyl sites for hydroxylation is 3. The minimum absolute atomic E-state index is 0.0378. The first kappa shape index (κ1) is 28.8. The minimum Gasteiger partial charge on any atom is -0.340 e. The maximum absolute atomic E-state index is 13.1. The second-order valence-corrected chi connectivity index (χ2v) is 13.4. The molecule has 1 saturated heterocycles. The summed E-state index contributed by atoms with van der Waals surface area (Å²) >= 11 is 3.64. The van der Waals surface area contributed by atoms with E-state index in [-0.39, 0.29) is 17.4 Å². The lowest BCUT2D eigenvalue weighted by atomic mass is 9.82. The zero-order chi connectivity index (χ0) is 29.6. The summed E-state index contributed by atoms with van der Waals surface area (Å²) in [5.74, 6) is 1.19. The number of likely N-dealkylation sites (N-methyl/N-ethyl adjacent to an activating group) is 1. The average Bonchev–Trinajstić information content (AvgIpc) is 3.75. The third-order valence-electron chi connectivity index (χ3n) is 9.35. The normalized spacial score (nSPS) is 20.2. The number of hydrogen-bond acceptors (Lipinski definition) is 6. The first-order valence-electron chi connectivity index (χ1n) is 14.9. The van der Waals surface area contributed by atoms with Gasteiger partial charge in [-0.1, -0.05) is 24.3 Å². The highest BCUT2D eigenvalue weighted by Gasteiger charge is 2.51. The van der Waals surface area contributed by atoms with Gasteiger partial charge in [0.05, 0.1) is 21.1 Å². The van der Waals surface area contributed by atoms with E-state index in [1.165, 1.54) is 5.56 Å². The molecule has 2 amide bonds. The quantitative estimate of drug-likeness (QED) is 0.292. The first-order valence-corrected chi connectivity index (χ1v) is 15.7. The van der Waals surface area contributed by atoms with Gasteiger partial charge in [0.1, 0.15) is 0 Å². The molecule has 3 N–H and O–H groups in total. The number of nitrogens with one attached hydrogen (secondary N) is 3. The van der Waals surface area contributed by atoms with E-state index < -0.39 is 5.41 Å². The summed E-state index contributed by atoms with van der Waals surface area (Å²) in [5, 5.41) is 9.69. The first-order chi connectivity index (χ1) is 20.1. The fourth-order valence-corrected chi connectivity index (χ4v) is 6.96. The number of benzene rings is 2. The summed E-state index contributed by atoms with van der Waals surface area (Å²) in [7, 11) is 1.90. The molecule has 1 unspecified atom stereocenters. The standard InChI is InChI=1S/C33H39BrN6O2/c1-20-17-22(23-8-6-16-40(19-23)30(42)33(35-4)14-15-33)11-12-25(20)38-31-36-18-24(34)26(39-31)13-10-21-7-5-9-27-28(21)32(2,3)29(41)37-27/h5,7,9,11-12,17-18,23,35H,6,8,10,13-16,19H2,1-4H3,(H,37,41)(H,36,38,39). The summed E-state index contributed by atoms with van der Waals surface area (Å²) in [6, 6.07) is 12.6. The van der Waals surface area contributed by atoms with Crippen molar-refractivity contribution in [1.82, 2.24) is 20.2 Å². The SMILES string of the molecule is CNC1(C(=O)N2CCCC(c3ccc(Nc4ncc(Br)c(CCc5cccc6c5C(C)(C)C(=O)N6)n4)c(C)c3)C2)CC1. The molecule has 220 valence electrons. The summed E-state index contributed by atoms with van der Waals surface area (Å²) in [5.41, 5.74) is 6.55. The largest absolute Gasteiger partial charge is 0.340 e. The lowest BCUT2D eigenvalue weighted by Crippen LogP contribution is -2.50. The lowest BCUT2D eigenvalue weighted by Gasteiger charge is -2.35. The van der Waals surface area contributed by atoms with Gasteiger partial charge in [0, 0.05) is 36.6 Å². The number of anilines is 3. The van der Waals surface area contributed by atoms with Crippen LogP contribution in [-0.2, 0) is 27.8 Å². The molecule has 3 aliphatic rings. The van der Waals surface area contributed by atoms with E-state index in [1.54, 1.807) is 6.20 Å². The van der Waals surface area contributed by atoms with Gasteiger partial charge in [0.15, 0.2) is 0 Å². The van der Waals surface area contributed by atoms with Crippen molar-refractivity contribution in [3.05, 3.63) is 75.0 Å². The van der Waals surface area contributed by atoms with Gasteiger partial charge in [-0.05, 0) is 117 Å². The zero-order valence-corrected chi connectivity index (χ0v) is 26.4. The lowest BCUT2D eigenvalue weighted by molar-refractivity contribution is -0.135. The van der Waals surface area contributed by atoms with Crippen molar-refractivity contribution in [2.45, 2.75) is 76.2 Å². The van der Waals surface area contributed by atoms with Crippen molar-refractivity contribution >= 4 is 45.1 Å². The number of carbonyl (C=O) groups is 2. The van der Waals surface area contributed by atoms with Crippen LogP contribution in [0.3, 0.4) is 0 Å². The van der Waals surface area contributed by atoms with Crippen LogP contribution < -0.4 is 16.0 Å². The fraction of sp³-hybridized carbons (Fsp3) is 0.455. The van der Waals surface area contributed by atoms with Crippen LogP contribution >= 0.6 is 15.9 Å². The van der Waals surface area contributed by atoms with Crippen molar-refractivity contribution in [3.63, 3.8) is 0 Å². The maximum Gasteiger partial charge on any atom is 0.242 e. The Morgan fingerprint density at radius 2 is 2.00 bits per heavy atom. The number of fused-ring (bicyclic) bond motifs is 1. The monoisotopic (exact) mass is 630 g/mol. The van der Waals surface area contributed by atoms with Crippen LogP contribution in [0.25, 0.3) is 0 Å². The number of carbonyl (C=O) groups excluding carboxylic acids is 2. The highest BCUT2D eigenvalue weighted by molar-refractivity contribution is 9.10. The van der Waals surface area contributed by atoms with Crippen LogP contribution in [0.15, 0.2) is 47.1 Å². The molecule has 1 aliphatic carbocycles. The van der Waals surface area contributed by atoms with Gasteiger partial charge in [-0.3, -0.25) is 9.59 Å². The Kier molecular flexibility index (Phi) is 7.60. The van der Waals surface area contributed by atoms with Crippen LogP contribution in [0.1, 0.15) is 73.4 Å². The van der Waals surface area contributed by atoms with Crippen LogP contribution in [0.4, 0.5) is 17.3 Å². The smallest absolute Gasteiger partial charge is 0.242 e. The van der Waals surface area contributed by atoms with Gasteiger partial charge < -0.3 is 20.9 Å². The molecule has 0 spiro atoms. The molecular weight excluding hydrogens is 592 g/mol. The van der Waals surface area contributed by atoms with Gasteiger partial charge in [-0.25, -0.2) is 9.97 Å². The summed E-state index contributed by atoms with van der Waals surface area (Å²) in [6.07, 6.45) is 7.27. The number of nitrogens with zero attached hydrogens (tertiary/aromatic N) is 3. The Bertz CT molecular complexity index is 1550. The highest BCUT2D eigenvalue weighted by Crippen LogP contribution is 2.41. The van der Waals surface area contributed by atoms with Gasteiger partial charge in [-0.2, -0.15) is 0 Å². The van der Waals surface area contributed by atoms with Crippen LogP contribution in [-0.4, -0.2) is 52.4 Å². The predicted molar refractivity (Wildman–Crippen MR) is 169 cm³/mol. The molecule has 42 heavy (non-hydrogen) atoms. The molecule has 0 bridgehead atoms. The molecule has 2 aromatic carbocycles. The highest BCUT2D eigenvalue weighted by atomic mass is 79.9. The van der Waals surface area contributed by atoms with Crippen molar-refractivity contribution < 1.29 is 9.59 Å². The van der Waals surface area contributed by atoms with Gasteiger partial charge in [-0.15, -0.1) is 0 Å². The molecule has 1 atom stereocenters. The summed E-state index contributed by atoms with van der Waals surface area (Å²) in [6.45, 7) is 7.68. The van der Waals surface area contributed by atoms with E-state index in [4.69, 9.17) is 4.98 Å². The predicted octanol–water partition coefficient (Wildman–Crippen LogP) is 5.76. The van der Waals surface area contributed by atoms with Gasteiger partial charge in [0.2, 0.25) is 17.8 Å². The number of hydrogen-bond donors (Lipinski definition) is 3. The molecular formula is C33H39BrN6O2. The molecule has 3 aromatic rings. The van der Waals surface area contributed by atoms with E-state index in [2.05, 4.69) is 73.0 Å². The molecule has 6 rings (SSSR count). The van der Waals surface area contributed by atoms with Crippen molar-refractivity contribution in [3.8, 4) is 0 Å². The number of aromatic nitrogens is 2. The second kappa shape index (κ2) is 11.1. The topological polar surface area (TPSA) is 99.3 Å². The number of amides is 2. The number of halogens is 1. The molecule has 2 aliphatic heterocycles. The Labute approximate surface area is 256 Å². The molecule has 1 aromatic heterocycles. The average molecular weight is 632 g/mol. The van der Waals surface area contributed by atoms with E-state index >= 15 is 0 Å². The zero-order valence-electron chi connectivity index (χ0n) is 24.8. The number of rotatable bonds is 8. The Morgan fingerprint density at radius 3 is 2.74 bits per heavy atom. The van der Waals surface area contributed by atoms with Gasteiger partial charge >= 0.3 is 0 Å². The fourth-order valence-electron chi connectivity index (χ4n) is 6.57. The van der Waals surface area contributed by atoms with E-state index in [0.29, 0.717) is 18.3 Å². The van der Waals surface area contributed by atoms with E-state index in [0.717, 1.165) is 83.4 Å². The van der Waals surface area contributed by atoms with Crippen LogP contribution in [0, 0.1) is 6.92 Å².